The van der Waals surface area contributed by atoms with Crippen LogP contribution in [0.1, 0.15) is 27.0 Å². The van der Waals surface area contributed by atoms with E-state index >= 15 is 0 Å². The minimum Gasteiger partial charge on any atom is -0.334 e. The molecule has 2 amide bonds. The third-order valence-electron chi connectivity index (χ3n) is 4.08. The van der Waals surface area contributed by atoms with E-state index in [0.29, 0.717) is 18.7 Å². The topological polar surface area (TPSA) is 69.6 Å². The Labute approximate surface area is 134 Å². The van der Waals surface area contributed by atoms with E-state index in [1.807, 2.05) is 53.4 Å². The Balaban J connectivity index is 1.78. The third kappa shape index (κ3) is 3.40. The van der Waals surface area contributed by atoms with Crippen molar-refractivity contribution in [2.45, 2.75) is 19.4 Å². The summed E-state index contributed by atoms with van der Waals surface area (Å²) in [4.78, 5) is 25.7. The molecular weight excluding hydrogens is 292 g/mol. The van der Waals surface area contributed by atoms with Crippen LogP contribution in [0.4, 0.5) is 0 Å². The summed E-state index contributed by atoms with van der Waals surface area (Å²) in [5, 5.41) is 8.62. The number of hydrogen-bond acceptors (Lipinski definition) is 3. The van der Waals surface area contributed by atoms with E-state index < -0.39 is 5.91 Å². The van der Waals surface area contributed by atoms with Gasteiger partial charge in [-0.15, -0.1) is 0 Å². The summed E-state index contributed by atoms with van der Waals surface area (Å²) in [7, 11) is 0. The van der Waals surface area contributed by atoms with Crippen LogP contribution < -0.4 is 5.48 Å². The number of nitrogens with one attached hydrogen (secondary N) is 1. The van der Waals surface area contributed by atoms with Crippen LogP contribution >= 0.6 is 0 Å². The molecule has 0 atom stereocenters. The summed E-state index contributed by atoms with van der Waals surface area (Å²) in [6.07, 6.45) is 0.927. The van der Waals surface area contributed by atoms with Gasteiger partial charge in [0.2, 0.25) is 5.91 Å². The van der Waals surface area contributed by atoms with Crippen molar-refractivity contribution in [2.24, 2.45) is 0 Å². The van der Waals surface area contributed by atoms with Crippen LogP contribution in [0.25, 0.3) is 0 Å². The number of fused-ring (bicyclic) bond motifs is 1. The number of hydroxylamine groups is 1. The van der Waals surface area contributed by atoms with E-state index in [1.165, 1.54) is 5.56 Å². The summed E-state index contributed by atoms with van der Waals surface area (Å²) >= 11 is 0. The fraction of sp³-hybridized carbons (Fsp3) is 0.222. The molecule has 2 aromatic carbocycles. The first kappa shape index (κ1) is 15.2. The Kier molecular flexibility index (Phi) is 4.39. The van der Waals surface area contributed by atoms with E-state index in [1.54, 1.807) is 5.48 Å². The molecule has 5 nitrogen and oxygen atoms in total. The second kappa shape index (κ2) is 6.62. The third-order valence-corrected chi connectivity index (χ3v) is 4.08. The van der Waals surface area contributed by atoms with Gasteiger partial charge in [-0.05, 0) is 35.2 Å². The number of amides is 2. The molecule has 0 aromatic heterocycles. The Hall–Kier alpha value is -2.66. The largest absolute Gasteiger partial charge is 0.334 e. The Morgan fingerprint density at radius 1 is 1.09 bits per heavy atom. The summed E-state index contributed by atoms with van der Waals surface area (Å²) in [6, 6.07) is 15.1. The van der Waals surface area contributed by atoms with Crippen molar-refractivity contribution >= 4 is 11.8 Å². The van der Waals surface area contributed by atoms with Crippen LogP contribution in [0.5, 0.6) is 0 Å². The maximum atomic E-state index is 12.5. The predicted octanol–water partition coefficient (Wildman–Crippen LogP) is 1.93. The fourth-order valence-electron chi connectivity index (χ4n) is 2.88. The molecule has 0 radical (unpaired) electrons. The van der Waals surface area contributed by atoms with Crippen molar-refractivity contribution in [1.29, 1.82) is 0 Å². The Morgan fingerprint density at radius 3 is 2.61 bits per heavy atom. The van der Waals surface area contributed by atoms with Crippen LogP contribution in [-0.2, 0) is 24.2 Å². The quantitative estimate of drug-likeness (QED) is 0.672. The molecule has 0 fully saturated rings. The summed E-state index contributed by atoms with van der Waals surface area (Å²) in [5.74, 6) is -0.423. The average molecular weight is 310 g/mol. The highest BCUT2D eigenvalue weighted by atomic mass is 16.5. The highest BCUT2D eigenvalue weighted by molar-refractivity contribution is 5.94. The summed E-state index contributed by atoms with van der Waals surface area (Å²) in [5.41, 5.74) is 5.41. The van der Waals surface area contributed by atoms with Gasteiger partial charge < -0.3 is 4.90 Å². The Bertz CT molecular complexity index is 728. The minimum absolute atomic E-state index is 0.0229. The van der Waals surface area contributed by atoms with Crippen molar-refractivity contribution in [3.8, 4) is 0 Å². The standard InChI is InChI=1S/C18H18N2O3/c21-17(19-23)11-13-6-7-14-8-9-20(12-16(14)10-13)18(22)15-4-2-1-3-5-15/h1-7,10,23H,8-9,11-12H2,(H,19,21). The van der Waals surface area contributed by atoms with Crippen LogP contribution in [0, 0.1) is 0 Å². The van der Waals surface area contributed by atoms with E-state index in [4.69, 9.17) is 5.21 Å². The van der Waals surface area contributed by atoms with Gasteiger partial charge in [0.25, 0.3) is 5.91 Å². The summed E-state index contributed by atoms with van der Waals surface area (Å²) in [6.45, 7) is 1.23. The molecule has 1 aliphatic heterocycles. The van der Waals surface area contributed by atoms with Gasteiger partial charge in [-0.25, -0.2) is 5.48 Å². The molecule has 118 valence electrons. The van der Waals surface area contributed by atoms with Gasteiger partial charge in [-0.1, -0.05) is 36.4 Å². The number of hydrogen-bond donors (Lipinski definition) is 2. The van der Waals surface area contributed by atoms with Gasteiger partial charge in [0.15, 0.2) is 0 Å². The van der Waals surface area contributed by atoms with Gasteiger partial charge >= 0.3 is 0 Å². The number of rotatable bonds is 3. The highest BCUT2D eigenvalue weighted by Crippen LogP contribution is 2.22. The molecule has 23 heavy (non-hydrogen) atoms. The van der Waals surface area contributed by atoms with Crippen molar-refractivity contribution in [3.63, 3.8) is 0 Å². The van der Waals surface area contributed by atoms with Crippen molar-refractivity contribution in [1.82, 2.24) is 10.4 Å². The van der Waals surface area contributed by atoms with Gasteiger partial charge in [0, 0.05) is 18.7 Å². The molecule has 0 spiro atoms. The maximum absolute atomic E-state index is 12.5. The zero-order valence-corrected chi connectivity index (χ0v) is 12.7. The molecule has 0 saturated heterocycles. The van der Waals surface area contributed by atoms with Crippen LogP contribution in [0.15, 0.2) is 48.5 Å². The predicted molar refractivity (Wildman–Crippen MR) is 85.0 cm³/mol. The first-order valence-electron chi connectivity index (χ1n) is 7.55. The molecule has 0 aliphatic carbocycles. The molecule has 5 heteroatoms. The maximum Gasteiger partial charge on any atom is 0.254 e. The zero-order chi connectivity index (χ0) is 16.2. The minimum atomic E-state index is -0.446. The molecule has 1 heterocycles. The van der Waals surface area contributed by atoms with Crippen LogP contribution in [0.2, 0.25) is 0 Å². The number of carbonyl (C=O) groups is 2. The molecule has 0 saturated carbocycles. The molecule has 2 N–H and O–H groups in total. The SMILES string of the molecule is O=C(Cc1ccc2c(c1)CN(C(=O)c1ccccc1)CC2)NO. The van der Waals surface area contributed by atoms with Gasteiger partial charge in [-0.3, -0.25) is 14.8 Å². The number of carbonyl (C=O) groups excluding carboxylic acids is 2. The molecule has 2 aromatic rings. The lowest BCUT2D eigenvalue weighted by atomic mass is 9.96. The van der Waals surface area contributed by atoms with Crippen molar-refractivity contribution in [3.05, 3.63) is 70.8 Å². The second-order valence-electron chi connectivity index (χ2n) is 5.66. The van der Waals surface area contributed by atoms with Gasteiger partial charge in [0.1, 0.15) is 0 Å². The smallest absolute Gasteiger partial charge is 0.254 e. The molecular formula is C18H18N2O3. The van der Waals surface area contributed by atoms with Crippen LogP contribution in [-0.4, -0.2) is 28.5 Å². The molecule has 3 rings (SSSR count). The van der Waals surface area contributed by atoms with Crippen molar-refractivity contribution < 1.29 is 14.8 Å². The first-order valence-corrected chi connectivity index (χ1v) is 7.55. The van der Waals surface area contributed by atoms with E-state index in [2.05, 4.69) is 0 Å². The summed E-state index contributed by atoms with van der Waals surface area (Å²) < 4.78 is 0. The van der Waals surface area contributed by atoms with Crippen molar-refractivity contribution in [2.75, 3.05) is 6.54 Å². The normalized spacial score (nSPS) is 13.3. The highest BCUT2D eigenvalue weighted by Gasteiger charge is 2.22. The Morgan fingerprint density at radius 2 is 1.87 bits per heavy atom. The number of benzene rings is 2. The number of nitrogens with zero attached hydrogens (tertiary/aromatic N) is 1. The molecule has 0 bridgehead atoms. The second-order valence-corrected chi connectivity index (χ2v) is 5.66. The van der Waals surface area contributed by atoms with E-state index in [0.717, 1.165) is 17.5 Å². The molecule has 0 unspecified atom stereocenters. The van der Waals surface area contributed by atoms with Gasteiger partial charge in [0.05, 0.1) is 6.42 Å². The van der Waals surface area contributed by atoms with E-state index in [-0.39, 0.29) is 12.3 Å². The lowest BCUT2D eigenvalue weighted by Crippen LogP contribution is -2.36. The average Bonchev–Trinajstić information content (AvgIpc) is 2.61. The lowest BCUT2D eigenvalue weighted by molar-refractivity contribution is -0.128. The first-order chi connectivity index (χ1) is 11.2. The molecule has 1 aliphatic rings. The van der Waals surface area contributed by atoms with E-state index in [9.17, 15) is 9.59 Å². The fourth-order valence-corrected chi connectivity index (χ4v) is 2.88. The van der Waals surface area contributed by atoms with Gasteiger partial charge in [-0.2, -0.15) is 0 Å². The lowest BCUT2D eigenvalue weighted by Gasteiger charge is -2.29. The monoisotopic (exact) mass is 310 g/mol. The zero-order valence-electron chi connectivity index (χ0n) is 12.7. The van der Waals surface area contributed by atoms with Crippen LogP contribution in [0.3, 0.4) is 0 Å².